The number of benzene rings is 1. The third-order valence-corrected chi connectivity index (χ3v) is 6.51. The highest BCUT2D eigenvalue weighted by atomic mass is 16.5. The van der Waals surface area contributed by atoms with Crippen LogP contribution in [0.1, 0.15) is 40.2 Å². The number of esters is 1. The average molecular weight is 444 g/mol. The van der Waals surface area contributed by atoms with Gasteiger partial charge < -0.3 is 19.8 Å². The topological polar surface area (TPSA) is 87.1 Å². The number of carbonyl (C=O) groups is 2. The average Bonchev–Trinajstić information content (AvgIpc) is 2.78. The summed E-state index contributed by atoms with van der Waals surface area (Å²) in [6.45, 7) is 9.10. The number of likely N-dealkylation sites (N-methyl/N-ethyl adjacent to an activating group) is 1. The molecule has 0 radical (unpaired) electrons. The van der Waals surface area contributed by atoms with E-state index in [1.54, 1.807) is 20.0 Å². The maximum absolute atomic E-state index is 13.2. The summed E-state index contributed by atoms with van der Waals surface area (Å²) in [5.74, 6) is -1.74. The zero-order valence-electron chi connectivity index (χ0n) is 19.9. The molecular weight excluding hydrogens is 406 g/mol. The number of nitrogens with zero attached hydrogens (tertiary/aromatic N) is 1. The molecule has 1 aliphatic heterocycles. The number of aliphatic hydroxyl groups is 2. The summed E-state index contributed by atoms with van der Waals surface area (Å²) < 4.78 is 5.74. The van der Waals surface area contributed by atoms with Crippen molar-refractivity contribution in [3.05, 3.63) is 59.7 Å². The maximum Gasteiger partial charge on any atom is 0.329 e. The third kappa shape index (κ3) is 6.53. The first-order valence-electron chi connectivity index (χ1n) is 11.3. The number of ether oxygens (including phenoxy) is 1. The van der Waals surface area contributed by atoms with Gasteiger partial charge in [0.1, 0.15) is 12.1 Å². The minimum Gasteiger partial charge on any atom is -0.461 e. The fourth-order valence-electron chi connectivity index (χ4n) is 3.98. The van der Waals surface area contributed by atoms with E-state index in [9.17, 15) is 19.8 Å². The molecule has 0 saturated heterocycles. The van der Waals surface area contributed by atoms with Crippen LogP contribution in [0.4, 0.5) is 0 Å². The molecule has 0 aromatic heterocycles. The van der Waals surface area contributed by atoms with Crippen LogP contribution in [0.5, 0.6) is 0 Å². The molecule has 0 fully saturated rings. The first kappa shape index (κ1) is 25.8. The lowest BCUT2D eigenvalue weighted by Crippen LogP contribution is -2.46. The summed E-state index contributed by atoms with van der Waals surface area (Å²) in [5.41, 5.74) is 1.64. The number of carbonyl (C=O) groups excluding carboxylic acids is 2. The molecule has 2 rings (SSSR count). The van der Waals surface area contributed by atoms with Crippen LogP contribution in [-0.2, 0) is 20.7 Å². The number of amides is 1. The quantitative estimate of drug-likeness (QED) is 0.542. The van der Waals surface area contributed by atoms with Gasteiger partial charge in [-0.05, 0) is 31.1 Å². The van der Waals surface area contributed by atoms with Crippen LogP contribution in [0.2, 0.25) is 0 Å². The number of cyclic esters (lactones) is 1. The first-order valence-corrected chi connectivity index (χ1v) is 11.3. The molecule has 6 heteroatoms. The zero-order valence-corrected chi connectivity index (χ0v) is 19.9. The first-order chi connectivity index (χ1) is 15.0. The molecule has 1 aliphatic rings. The van der Waals surface area contributed by atoms with Gasteiger partial charge in [0.25, 0.3) is 0 Å². The van der Waals surface area contributed by atoms with E-state index in [2.05, 4.69) is 0 Å². The van der Waals surface area contributed by atoms with Crippen LogP contribution in [0, 0.1) is 17.8 Å². The number of hydrogen-bond acceptors (Lipinski definition) is 5. The fourth-order valence-corrected chi connectivity index (χ4v) is 3.98. The lowest BCUT2D eigenvalue weighted by molar-refractivity contribution is -0.161. The van der Waals surface area contributed by atoms with Crippen molar-refractivity contribution in [1.82, 2.24) is 4.90 Å². The number of aliphatic hydroxyl groups excluding tert-OH is 2. The predicted octanol–water partition coefficient (Wildman–Crippen LogP) is 3.13. The van der Waals surface area contributed by atoms with Gasteiger partial charge in [-0.15, -0.1) is 0 Å². The molecule has 2 N–H and O–H groups in total. The van der Waals surface area contributed by atoms with Crippen LogP contribution in [-0.4, -0.2) is 58.4 Å². The molecule has 7 atom stereocenters. The van der Waals surface area contributed by atoms with Crippen molar-refractivity contribution in [3.63, 3.8) is 0 Å². The molecule has 6 nitrogen and oxygen atoms in total. The highest BCUT2D eigenvalue weighted by Crippen LogP contribution is 2.24. The van der Waals surface area contributed by atoms with E-state index < -0.39 is 30.3 Å². The van der Waals surface area contributed by atoms with Crippen molar-refractivity contribution >= 4 is 11.9 Å². The van der Waals surface area contributed by atoms with E-state index >= 15 is 0 Å². The largest absolute Gasteiger partial charge is 0.461 e. The normalized spacial score (nSPS) is 33.2. The van der Waals surface area contributed by atoms with E-state index in [-0.39, 0.29) is 23.7 Å². The molecule has 1 amide bonds. The smallest absolute Gasteiger partial charge is 0.329 e. The Hall–Kier alpha value is -2.44. The van der Waals surface area contributed by atoms with E-state index in [1.165, 1.54) is 11.0 Å². The highest BCUT2D eigenvalue weighted by Gasteiger charge is 2.33. The van der Waals surface area contributed by atoms with Gasteiger partial charge in [0.15, 0.2) is 0 Å². The summed E-state index contributed by atoms with van der Waals surface area (Å²) in [5, 5.41) is 21.5. The van der Waals surface area contributed by atoms with Crippen LogP contribution < -0.4 is 0 Å². The highest BCUT2D eigenvalue weighted by molar-refractivity contribution is 5.91. The molecule has 0 aliphatic carbocycles. The summed E-state index contributed by atoms with van der Waals surface area (Å²) in [4.78, 5) is 27.4. The second-order valence-corrected chi connectivity index (χ2v) is 9.08. The molecule has 0 saturated carbocycles. The Morgan fingerprint density at radius 2 is 1.62 bits per heavy atom. The maximum atomic E-state index is 13.2. The second-order valence-electron chi connectivity index (χ2n) is 9.08. The van der Waals surface area contributed by atoms with Crippen molar-refractivity contribution in [2.45, 2.75) is 65.4 Å². The van der Waals surface area contributed by atoms with Crippen LogP contribution in [0.15, 0.2) is 54.1 Å². The molecule has 0 spiro atoms. The molecule has 32 heavy (non-hydrogen) atoms. The molecule has 7 unspecified atom stereocenters. The fraction of sp³-hybridized carbons (Fsp3) is 0.538. The standard InChI is InChI=1S/C26H37NO5/c1-16-12-13-23(28)27(6)22(15-21-10-8-7-9-11-21)26(31)32-20(5)19(4)25(30)18(3)14-17(2)24(16)29/h7-14,16,18-20,22,24-25,29-30H,15H2,1-6H3. The van der Waals surface area contributed by atoms with Gasteiger partial charge in [-0.3, -0.25) is 4.79 Å². The van der Waals surface area contributed by atoms with Gasteiger partial charge in [0, 0.05) is 31.2 Å². The Morgan fingerprint density at radius 1 is 1.00 bits per heavy atom. The molecule has 0 bridgehead atoms. The molecule has 1 aromatic carbocycles. The summed E-state index contributed by atoms with van der Waals surface area (Å²) in [6, 6.07) is 8.66. The van der Waals surface area contributed by atoms with E-state index in [0.29, 0.717) is 6.42 Å². The van der Waals surface area contributed by atoms with Gasteiger partial charge in [-0.2, -0.15) is 0 Å². The molecule has 1 heterocycles. The Balaban J connectivity index is 2.42. The Kier molecular flexibility index (Phi) is 9.22. The summed E-state index contributed by atoms with van der Waals surface area (Å²) in [7, 11) is 1.58. The van der Waals surface area contributed by atoms with Crippen LogP contribution in [0.25, 0.3) is 0 Å². The molecular formula is C26H37NO5. The lowest BCUT2D eigenvalue weighted by atomic mass is 9.87. The summed E-state index contributed by atoms with van der Waals surface area (Å²) in [6.07, 6.45) is 3.11. The van der Waals surface area contributed by atoms with Gasteiger partial charge >= 0.3 is 5.97 Å². The van der Waals surface area contributed by atoms with E-state index in [4.69, 9.17) is 4.74 Å². The Morgan fingerprint density at radius 3 is 2.25 bits per heavy atom. The second kappa shape index (κ2) is 11.4. The van der Waals surface area contributed by atoms with E-state index in [1.807, 2.05) is 64.1 Å². The monoisotopic (exact) mass is 443 g/mol. The minimum absolute atomic E-state index is 0.244. The van der Waals surface area contributed by atoms with Gasteiger partial charge in [0.2, 0.25) is 5.91 Å². The molecule has 176 valence electrons. The third-order valence-electron chi connectivity index (χ3n) is 6.51. The van der Waals surface area contributed by atoms with Crippen molar-refractivity contribution in [3.8, 4) is 0 Å². The van der Waals surface area contributed by atoms with Crippen molar-refractivity contribution in [1.29, 1.82) is 0 Å². The Bertz CT molecular complexity index is 834. The van der Waals surface area contributed by atoms with Crippen LogP contribution >= 0.6 is 0 Å². The van der Waals surface area contributed by atoms with Gasteiger partial charge in [-0.1, -0.05) is 63.3 Å². The SMILES string of the molecule is CC1=CC(C)C(O)C(C)C(C)OC(=O)C(Cc2ccccc2)N(C)C(=O)C=CC(C)C1O. The Labute approximate surface area is 191 Å². The minimum atomic E-state index is -0.816. The van der Waals surface area contributed by atoms with Crippen molar-refractivity contribution in [2.75, 3.05) is 7.05 Å². The zero-order chi connectivity index (χ0) is 24.0. The van der Waals surface area contributed by atoms with Crippen molar-refractivity contribution in [2.24, 2.45) is 17.8 Å². The van der Waals surface area contributed by atoms with Crippen LogP contribution in [0.3, 0.4) is 0 Å². The molecule has 1 aromatic rings. The lowest BCUT2D eigenvalue weighted by Gasteiger charge is -2.31. The predicted molar refractivity (Wildman–Crippen MR) is 125 cm³/mol. The van der Waals surface area contributed by atoms with E-state index in [0.717, 1.165) is 11.1 Å². The summed E-state index contributed by atoms with van der Waals surface area (Å²) >= 11 is 0. The van der Waals surface area contributed by atoms with Crippen molar-refractivity contribution < 1.29 is 24.5 Å². The number of rotatable bonds is 2. The number of hydrogen-bond donors (Lipinski definition) is 2. The van der Waals surface area contributed by atoms with Gasteiger partial charge in [-0.25, -0.2) is 4.79 Å². The van der Waals surface area contributed by atoms with Gasteiger partial charge in [0.05, 0.1) is 12.2 Å².